The summed E-state index contributed by atoms with van der Waals surface area (Å²) >= 11 is 0. The highest BCUT2D eigenvalue weighted by atomic mass is 19.1. The van der Waals surface area contributed by atoms with Crippen LogP contribution in [0, 0.1) is 5.82 Å². The van der Waals surface area contributed by atoms with E-state index < -0.39 is 17.8 Å². The van der Waals surface area contributed by atoms with Crippen molar-refractivity contribution in [2.45, 2.75) is 20.5 Å². The second-order valence-corrected chi connectivity index (χ2v) is 7.81. The predicted molar refractivity (Wildman–Crippen MR) is 129 cm³/mol. The molecule has 5 nitrogen and oxygen atoms in total. The van der Waals surface area contributed by atoms with Gasteiger partial charge in [-0.3, -0.25) is 0 Å². The molecular weight excluding hydrogens is 435 g/mol. The van der Waals surface area contributed by atoms with Crippen LogP contribution >= 0.6 is 0 Å². The molecule has 3 rings (SSSR count). The molecule has 0 atom stereocenters. The van der Waals surface area contributed by atoms with E-state index >= 15 is 4.39 Å². The number of rotatable bonds is 8. The van der Waals surface area contributed by atoms with Crippen molar-refractivity contribution in [1.29, 1.82) is 0 Å². The van der Waals surface area contributed by atoms with Crippen molar-refractivity contribution >= 4 is 11.9 Å². The number of halogens is 1. The van der Waals surface area contributed by atoms with Crippen LogP contribution in [0.3, 0.4) is 0 Å². The van der Waals surface area contributed by atoms with E-state index in [2.05, 4.69) is 13.2 Å². The first-order chi connectivity index (χ1) is 16.2. The molecule has 0 spiro atoms. The van der Waals surface area contributed by atoms with E-state index in [1.54, 1.807) is 68.4 Å². The smallest absolute Gasteiger partial charge is 0.338 e. The maximum atomic E-state index is 15.2. The lowest BCUT2D eigenvalue weighted by Crippen LogP contribution is -2.08. The van der Waals surface area contributed by atoms with Gasteiger partial charge in [0.05, 0.1) is 6.61 Å². The van der Waals surface area contributed by atoms with E-state index in [4.69, 9.17) is 14.2 Å². The fourth-order valence-electron chi connectivity index (χ4n) is 3.19. The molecule has 0 aliphatic carbocycles. The Morgan fingerprint density at radius 2 is 1.29 bits per heavy atom. The standard InChI is InChI=1S/C28H25FO5/c1-17(2)27(30)33-22-9-6-19(7-10-22)20-8-12-25(26(29)15-20)24-13-11-23(14-21(24)16-32-5)34-28(31)18(3)4/h6-15H,1,3,16H2,2,4-5H3. The summed E-state index contributed by atoms with van der Waals surface area (Å²) in [5, 5.41) is 0. The van der Waals surface area contributed by atoms with Crippen LogP contribution in [0.25, 0.3) is 22.3 Å². The van der Waals surface area contributed by atoms with Gasteiger partial charge >= 0.3 is 11.9 Å². The van der Waals surface area contributed by atoms with E-state index in [1.807, 2.05) is 0 Å². The molecule has 0 unspecified atom stereocenters. The van der Waals surface area contributed by atoms with Gasteiger partial charge in [-0.1, -0.05) is 43.5 Å². The van der Waals surface area contributed by atoms with E-state index in [1.165, 1.54) is 13.2 Å². The summed E-state index contributed by atoms with van der Waals surface area (Å²) in [4.78, 5) is 23.5. The third-order valence-corrected chi connectivity index (χ3v) is 4.94. The minimum absolute atomic E-state index is 0.208. The molecule has 3 aromatic carbocycles. The second-order valence-electron chi connectivity index (χ2n) is 7.81. The molecule has 174 valence electrons. The Morgan fingerprint density at radius 3 is 1.85 bits per heavy atom. The lowest BCUT2D eigenvalue weighted by molar-refractivity contribution is -0.130. The largest absolute Gasteiger partial charge is 0.423 e. The number of ether oxygens (including phenoxy) is 3. The number of benzene rings is 3. The quantitative estimate of drug-likeness (QED) is 0.225. The van der Waals surface area contributed by atoms with Crippen molar-refractivity contribution in [2.24, 2.45) is 0 Å². The fourth-order valence-corrected chi connectivity index (χ4v) is 3.19. The molecule has 0 heterocycles. The maximum absolute atomic E-state index is 15.2. The van der Waals surface area contributed by atoms with Gasteiger partial charge in [0, 0.05) is 23.8 Å². The number of methoxy groups -OCH3 is 1. The summed E-state index contributed by atoms with van der Waals surface area (Å²) in [7, 11) is 1.53. The van der Waals surface area contributed by atoms with Crippen LogP contribution in [0.5, 0.6) is 11.5 Å². The van der Waals surface area contributed by atoms with Gasteiger partial charge < -0.3 is 14.2 Å². The zero-order chi connectivity index (χ0) is 24.8. The highest BCUT2D eigenvalue weighted by Gasteiger charge is 2.14. The van der Waals surface area contributed by atoms with Crippen LogP contribution in [-0.4, -0.2) is 19.0 Å². The molecule has 0 saturated heterocycles. The van der Waals surface area contributed by atoms with Gasteiger partial charge in [-0.2, -0.15) is 0 Å². The molecule has 0 fully saturated rings. The Labute approximate surface area is 198 Å². The second kappa shape index (κ2) is 10.7. The molecule has 0 saturated carbocycles. The van der Waals surface area contributed by atoms with Crippen molar-refractivity contribution in [3.63, 3.8) is 0 Å². The fraction of sp³-hybridized carbons (Fsp3) is 0.143. The normalized spacial score (nSPS) is 10.5. The minimum Gasteiger partial charge on any atom is -0.423 e. The zero-order valence-corrected chi connectivity index (χ0v) is 19.3. The molecule has 0 aliphatic heterocycles. The topological polar surface area (TPSA) is 61.8 Å². The first-order valence-corrected chi connectivity index (χ1v) is 10.5. The molecule has 0 aliphatic rings. The summed E-state index contributed by atoms with van der Waals surface area (Å²) < 4.78 is 30.9. The third kappa shape index (κ3) is 5.85. The number of esters is 2. The van der Waals surface area contributed by atoms with Crippen LogP contribution in [0.4, 0.5) is 4.39 Å². The van der Waals surface area contributed by atoms with Crippen LogP contribution in [0.15, 0.2) is 85.0 Å². The Morgan fingerprint density at radius 1 is 0.765 bits per heavy atom. The predicted octanol–water partition coefficient (Wildman–Crippen LogP) is 6.27. The van der Waals surface area contributed by atoms with E-state index in [-0.39, 0.29) is 12.2 Å². The van der Waals surface area contributed by atoms with Crippen LogP contribution in [0.1, 0.15) is 19.4 Å². The van der Waals surface area contributed by atoms with Crippen molar-refractivity contribution in [1.82, 2.24) is 0 Å². The summed E-state index contributed by atoms with van der Waals surface area (Å²) in [6.45, 7) is 10.5. The monoisotopic (exact) mass is 460 g/mol. The van der Waals surface area contributed by atoms with Crippen molar-refractivity contribution in [3.8, 4) is 33.8 Å². The molecule has 0 radical (unpaired) electrons. The SMILES string of the molecule is C=C(C)C(=O)Oc1ccc(-c2ccc(-c3ccc(OC(=O)C(=C)C)cc3COC)c(F)c2)cc1. The van der Waals surface area contributed by atoms with Crippen molar-refractivity contribution < 1.29 is 28.2 Å². The zero-order valence-electron chi connectivity index (χ0n) is 19.3. The average Bonchev–Trinajstić information content (AvgIpc) is 2.80. The Bertz CT molecular complexity index is 1260. The summed E-state index contributed by atoms with van der Waals surface area (Å²) in [6, 6.07) is 16.7. The highest BCUT2D eigenvalue weighted by molar-refractivity contribution is 5.89. The molecular formula is C28H25FO5. The van der Waals surface area contributed by atoms with Crippen molar-refractivity contribution in [2.75, 3.05) is 7.11 Å². The number of carbonyl (C=O) groups excluding carboxylic acids is 2. The van der Waals surface area contributed by atoms with Gasteiger partial charge in [0.1, 0.15) is 17.3 Å². The van der Waals surface area contributed by atoms with E-state index in [0.717, 1.165) is 5.56 Å². The third-order valence-electron chi connectivity index (χ3n) is 4.94. The molecule has 0 aromatic heterocycles. The van der Waals surface area contributed by atoms with Gasteiger partial charge in [-0.05, 0) is 66.4 Å². The molecule has 0 amide bonds. The van der Waals surface area contributed by atoms with Crippen LogP contribution < -0.4 is 9.47 Å². The average molecular weight is 461 g/mol. The van der Waals surface area contributed by atoms with Crippen LogP contribution in [0.2, 0.25) is 0 Å². The van der Waals surface area contributed by atoms with Crippen LogP contribution in [-0.2, 0) is 20.9 Å². The Hall–Kier alpha value is -4.03. The highest BCUT2D eigenvalue weighted by Crippen LogP contribution is 2.33. The molecule has 0 bridgehead atoms. The molecule has 0 N–H and O–H groups in total. The Kier molecular flexibility index (Phi) is 7.76. The van der Waals surface area contributed by atoms with Gasteiger partial charge in [-0.15, -0.1) is 0 Å². The first kappa shape index (κ1) is 24.6. The molecule has 3 aromatic rings. The van der Waals surface area contributed by atoms with Gasteiger partial charge in [0.2, 0.25) is 0 Å². The minimum atomic E-state index is -0.535. The van der Waals surface area contributed by atoms with Gasteiger partial charge in [0.15, 0.2) is 0 Å². The van der Waals surface area contributed by atoms with E-state index in [0.29, 0.717) is 39.3 Å². The van der Waals surface area contributed by atoms with Gasteiger partial charge in [-0.25, -0.2) is 14.0 Å². The Balaban J connectivity index is 1.88. The number of carbonyl (C=O) groups is 2. The maximum Gasteiger partial charge on any atom is 0.338 e. The lowest BCUT2D eigenvalue weighted by Gasteiger charge is -2.14. The summed E-state index contributed by atoms with van der Waals surface area (Å²) in [6.07, 6.45) is 0. The number of hydrogen-bond donors (Lipinski definition) is 0. The lowest BCUT2D eigenvalue weighted by atomic mass is 9.96. The van der Waals surface area contributed by atoms with Crippen molar-refractivity contribution in [3.05, 3.63) is 96.3 Å². The summed E-state index contributed by atoms with van der Waals surface area (Å²) in [5.74, 6) is -0.749. The molecule has 6 heteroatoms. The first-order valence-electron chi connectivity index (χ1n) is 10.5. The summed E-state index contributed by atoms with van der Waals surface area (Å²) in [5.41, 5.74) is 3.70. The number of hydrogen-bond acceptors (Lipinski definition) is 5. The van der Waals surface area contributed by atoms with E-state index in [9.17, 15) is 9.59 Å². The molecule has 34 heavy (non-hydrogen) atoms. The van der Waals surface area contributed by atoms with Gasteiger partial charge in [0.25, 0.3) is 0 Å².